The minimum absolute atomic E-state index is 0.331. The van der Waals surface area contributed by atoms with E-state index < -0.39 is 0 Å². The van der Waals surface area contributed by atoms with E-state index in [-0.39, 0.29) is 0 Å². The van der Waals surface area contributed by atoms with Gasteiger partial charge in [-0.2, -0.15) is 0 Å². The summed E-state index contributed by atoms with van der Waals surface area (Å²) in [6.45, 7) is 11.1. The van der Waals surface area contributed by atoms with Crippen LogP contribution in [0.25, 0.3) is 0 Å². The standard InChI is InChI=1S/C9H21N/c1-7(2)9(4,5)6-8(3)10/h7-8H,6,10H2,1-5H3. The highest BCUT2D eigenvalue weighted by Gasteiger charge is 2.22. The Balaban J connectivity index is 3.87. The molecule has 0 amide bonds. The van der Waals surface area contributed by atoms with Gasteiger partial charge in [-0.1, -0.05) is 27.7 Å². The lowest BCUT2D eigenvalue weighted by Crippen LogP contribution is -2.28. The summed E-state index contributed by atoms with van der Waals surface area (Å²) in [5.74, 6) is 0.721. The van der Waals surface area contributed by atoms with Crippen molar-refractivity contribution < 1.29 is 0 Å². The molecule has 0 saturated carbocycles. The van der Waals surface area contributed by atoms with Gasteiger partial charge in [0.05, 0.1) is 0 Å². The van der Waals surface area contributed by atoms with Crippen LogP contribution in [0.5, 0.6) is 0 Å². The van der Waals surface area contributed by atoms with Crippen LogP contribution in [0.15, 0.2) is 0 Å². The topological polar surface area (TPSA) is 26.0 Å². The maximum Gasteiger partial charge on any atom is 0.00156 e. The van der Waals surface area contributed by atoms with E-state index in [1.807, 2.05) is 0 Å². The van der Waals surface area contributed by atoms with Crippen LogP contribution in [0.1, 0.15) is 41.0 Å². The second-order valence-corrected chi connectivity index (χ2v) is 4.32. The number of nitrogens with two attached hydrogens (primary N) is 1. The molecule has 62 valence electrons. The SMILES string of the molecule is CC(N)CC(C)(C)C(C)C. The van der Waals surface area contributed by atoms with E-state index in [9.17, 15) is 0 Å². The van der Waals surface area contributed by atoms with Crippen molar-refractivity contribution in [3.63, 3.8) is 0 Å². The second kappa shape index (κ2) is 3.38. The van der Waals surface area contributed by atoms with Crippen LogP contribution in [0.3, 0.4) is 0 Å². The highest BCUT2D eigenvalue weighted by molar-refractivity contribution is 4.75. The molecule has 0 bridgehead atoms. The molecule has 0 rings (SSSR count). The van der Waals surface area contributed by atoms with Crippen molar-refractivity contribution in [1.29, 1.82) is 0 Å². The molecule has 0 radical (unpaired) electrons. The Morgan fingerprint density at radius 1 is 1.20 bits per heavy atom. The van der Waals surface area contributed by atoms with Crippen LogP contribution in [0, 0.1) is 11.3 Å². The van der Waals surface area contributed by atoms with Gasteiger partial charge in [-0.25, -0.2) is 0 Å². The summed E-state index contributed by atoms with van der Waals surface area (Å²) in [6, 6.07) is 0.331. The fourth-order valence-corrected chi connectivity index (χ4v) is 1.07. The summed E-state index contributed by atoms with van der Waals surface area (Å²) >= 11 is 0. The van der Waals surface area contributed by atoms with Gasteiger partial charge in [-0.05, 0) is 24.7 Å². The third kappa shape index (κ3) is 3.21. The van der Waals surface area contributed by atoms with Gasteiger partial charge in [0.1, 0.15) is 0 Å². The van der Waals surface area contributed by atoms with Crippen molar-refractivity contribution in [2.45, 2.75) is 47.1 Å². The molecule has 1 heteroatoms. The van der Waals surface area contributed by atoms with Gasteiger partial charge in [-0.3, -0.25) is 0 Å². The molecule has 0 aliphatic carbocycles. The number of hydrogen-bond donors (Lipinski definition) is 1. The van der Waals surface area contributed by atoms with Crippen molar-refractivity contribution in [3.05, 3.63) is 0 Å². The fourth-order valence-electron chi connectivity index (χ4n) is 1.07. The molecule has 0 aliphatic rings. The molecule has 0 aromatic carbocycles. The van der Waals surface area contributed by atoms with Crippen molar-refractivity contribution in [2.24, 2.45) is 17.1 Å². The molecule has 1 unspecified atom stereocenters. The van der Waals surface area contributed by atoms with Gasteiger partial charge < -0.3 is 5.73 Å². The summed E-state index contributed by atoms with van der Waals surface area (Å²) in [6.07, 6.45) is 1.12. The summed E-state index contributed by atoms with van der Waals surface area (Å²) in [5, 5.41) is 0. The lowest BCUT2D eigenvalue weighted by Gasteiger charge is -2.30. The average molecular weight is 143 g/mol. The Hall–Kier alpha value is -0.0400. The van der Waals surface area contributed by atoms with Crippen molar-refractivity contribution in [2.75, 3.05) is 0 Å². The molecule has 0 aromatic rings. The molecular weight excluding hydrogens is 122 g/mol. The van der Waals surface area contributed by atoms with Crippen LogP contribution in [0.4, 0.5) is 0 Å². The highest BCUT2D eigenvalue weighted by Crippen LogP contribution is 2.30. The first-order chi connectivity index (χ1) is 4.36. The zero-order chi connectivity index (χ0) is 8.36. The third-order valence-corrected chi connectivity index (χ3v) is 2.41. The molecule has 0 saturated heterocycles. The lowest BCUT2D eigenvalue weighted by atomic mass is 9.76. The molecule has 1 nitrogen and oxygen atoms in total. The summed E-state index contributed by atoms with van der Waals surface area (Å²) < 4.78 is 0. The minimum atomic E-state index is 0.331. The molecule has 2 N–H and O–H groups in total. The van der Waals surface area contributed by atoms with Gasteiger partial charge in [0.25, 0.3) is 0 Å². The maximum absolute atomic E-state index is 5.72. The summed E-state index contributed by atoms with van der Waals surface area (Å²) in [4.78, 5) is 0. The molecule has 0 aliphatic heterocycles. The fraction of sp³-hybridized carbons (Fsp3) is 1.00. The first kappa shape index (κ1) is 9.96. The number of rotatable bonds is 3. The summed E-state index contributed by atoms with van der Waals surface area (Å²) in [5.41, 5.74) is 6.11. The van der Waals surface area contributed by atoms with E-state index in [0.29, 0.717) is 11.5 Å². The van der Waals surface area contributed by atoms with Crippen molar-refractivity contribution in [1.82, 2.24) is 0 Å². The molecule has 10 heavy (non-hydrogen) atoms. The first-order valence-electron chi connectivity index (χ1n) is 4.12. The Morgan fingerprint density at radius 2 is 1.60 bits per heavy atom. The molecule has 0 aromatic heterocycles. The second-order valence-electron chi connectivity index (χ2n) is 4.32. The summed E-state index contributed by atoms with van der Waals surface area (Å²) in [7, 11) is 0. The molecule has 0 fully saturated rings. The van der Waals surface area contributed by atoms with E-state index in [2.05, 4.69) is 34.6 Å². The molecular formula is C9H21N. The van der Waals surface area contributed by atoms with E-state index in [1.165, 1.54) is 0 Å². The van der Waals surface area contributed by atoms with E-state index >= 15 is 0 Å². The Kier molecular flexibility index (Phi) is 3.37. The van der Waals surface area contributed by atoms with Crippen LogP contribution < -0.4 is 5.73 Å². The molecule has 0 spiro atoms. The van der Waals surface area contributed by atoms with E-state index in [4.69, 9.17) is 5.73 Å². The average Bonchev–Trinajstić information content (AvgIpc) is 1.60. The molecule has 1 atom stereocenters. The van der Waals surface area contributed by atoms with Crippen LogP contribution >= 0.6 is 0 Å². The largest absolute Gasteiger partial charge is 0.328 e. The Morgan fingerprint density at radius 3 is 1.70 bits per heavy atom. The smallest absolute Gasteiger partial charge is 0.00156 e. The van der Waals surface area contributed by atoms with Crippen LogP contribution in [-0.2, 0) is 0 Å². The quantitative estimate of drug-likeness (QED) is 0.645. The van der Waals surface area contributed by atoms with E-state index in [1.54, 1.807) is 0 Å². The Bertz CT molecular complexity index is 92.9. The van der Waals surface area contributed by atoms with Gasteiger partial charge >= 0.3 is 0 Å². The third-order valence-electron chi connectivity index (χ3n) is 2.41. The van der Waals surface area contributed by atoms with Gasteiger partial charge in [-0.15, -0.1) is 0 Å². The maximum atomic E-state index is 5.72. The highest BCUT2D eigenvalue weighted by atomic mass is 14.6. The first-order valence-corrected chi connectivity index (χ1v) is 4.12. The lowest BCUT2D eigenvalue weighted by molar-refractivity contribution is 0.215. The van der Waals surface area contributed by atoms with Crippen LogP contribution in [-0.4, -0.2) is 6.04 Å². The van der Waals surface area contributed by atoms with E-state index in [0.717, 1.165) is 12.3 Å². The molecule has 0 heterocycles. The Labute approximate surface area is 65.0 Å². The minimum Gasteiger partial charge on any atom is -0.328 e. The monoisotopic (exact) mass is 143 g/mol. The predicted octanol–water partition coefficient (Wildman–Crippen LogP) is 2.41. The number of hydrogen-bond acceptors (Lipinski definition) is 1. The van der Waals surface area contributed by atoms with Crippen molar-refractivity contribution >= 4 is 0 Å². The van der Waals surface area contributed by atoms with Gasteiger partial charge in [0.15, 0.2) is 0 Å². The predicted molar refractivity (Wildman–Crippen MR) is 46.9 cm³/mol. The zero-order valence-corrected chi connectivity index (χ0v) is 7.94. The van der Waals surface area contributed by atoms with Crippen LogP contribution in [0.2, 0.25) is 0 Å². The van der Waals surface area contributed by atoms with Gasteiger partial charge in [0.2, 0.25) is 0 Å². The zero-order valence-electron chi connectivity index (χ0n) is 7.94. The normalized spacial score (nSPS) is 15.9. The van der Waals surface area contributed by atoms with Crippen molar-refractivity contribution in [3.8, 4) is 0 Å². The van der Waals surface area contributed by atoms with Gasteiger partial charge in [0, 0.05) is 6.04 Å².